The predicted molar refractivity (Wildman–Crippen MR) is 134 cm³/mol. The van der Waals surface area contributed by atoms with E-state index in [2.05, 4.69) is 4.90 Å². The average molecular weight is 507 g/mol. The van der Waals surface area contributed by atoms with Crippen LogP contribution < -0.4 is 10.5 Å². The van der Waals surface area contributed by atoms with Gasteiger partial charge in [0.15, 0.2) is 9.84 Å². The molecular formula is C22H26N4O4S3. The molecule has 0 saturated carbocycles. The van der Waals surface area contributed by atoms with Crippen molar-refractivity contribution in [3.8, 4) is 6.07 Å². The third kappa shape index (κ3) is 4.48. The SMILES string of the molecule is Cc1c(C=C2SC(=S)N(C3CCS(=O)(=O)C3)C2=O)c(N2CCCCCC2)n(C)c(=O)c1C#N. The molecular weight excluding hydrogens is 480 g/mol. The quantitative estimate of drug-likeness (QED) is 0.455. The lowest BCUT2D eigenvalue weighted by Gasteiger charge is -2.28. The molecule has 8 nitrogen and oxygen atoms in total. The van der Waals surface area contributed by atoms with Crippen molar-refractivity contribution in [2.45, 2.75) is 45.1 Å². The zero-order chi connectivity index (χ0) is 23.9. The van der Waals surface area contributed by atoms with E-state index < -0.39 is 15.9 Å². The fourth-order valence-electron chi connectivity index (χ4n) is 4.78. The molecule has 3 saturated heterocycles. The second-order valence-corrected chi connectivity index (χ2v) is 12.6. The summed E-state index contributed by atoms with van der Waals surface area (Å²) in [5.74, 6) is 0.356. The predicted octanol–water partition coefficient (Wildman–Crippen LogP) is 2.33. The highest BCUT2D eigenvalue weighted by molar-refractivity contribution is 8.26. The number of sulfone groups is 1. The van der Waals surface area contributed by atoms with Crippen LogP contribution in [0, 0.1) is 18.3 Å². The Morgan fingerprint density at radius 1 is 1.18 bits per heavy atom. The summed E-state index contributed by atoms with van der Waals surface area (Å²) in [6.45, 7) is 3.32. The van der Waals surface area contributed by atoms with Gasteiger partial charge in [0.05, 0.1) is 22.5 Å². The molecule has 1 amide bonds. The van der Waals surface area contributed by atoms with Gasteiger partial charge in [0, 0.05) is 25.7 Å². The number of nitriles is 1. The molecule has 33 heavy (non-hydrogen) atoms. The molecule has 0 bridgehead atoms. The van der Waals surface area contributed by atoms with Crippen molar-refractivity contribution in [3.63, 3.8) is 0 Å². The number of aromatic nitrogens is 1. The van der Waals surface area contributed by atoms with Crippen LogP contribution in [-0.2, 0) is 21.7 Å². The first-order valence-corrected chi connectivity index (χ1v) is 14.1. The van der Waals surface area contributed by atoms with Crippen molar-refractivity contribution in [2.75, 3.05) is 29.5 Å². The number of hydrogen-bond donors (Lipinski definition) is 0. The number of rotatable bonds is 3. The Kier molecular flexibility index (Phi) is 6.71. The van der Waals surface area contributed by atoms with E-state index in [0.717, 1.165) is 50.5 Å². The molecule has 0 N–H and O–H groups in total. The van der Waals surface area contributed by atoms with Crippen molar-refractivity contribution in [3.05, 3.63) is 31.9 Å². The van der Waals surface area contributed by atoms with Crippen LogP contribution in [0.1, 0.15) is 48.8 Å². The van der Waals surface area contributed by atoms with Gasteiger partial charge < -0.3 is 4.90 Å². The van der Waals surface area contributed by atoms with Gasteiger partial charge in [-0.15, -0.1) is 0 Å². The van der Waals surface area contributed by atoms with Crippen LogP contribution in [0.2, 0.25) is 0 Å². The van der Waals surface area contributed by atoms with Crippen molar-refractivity contribution < 1.29 is 13.2 Å². The molecule has 11 heteroatoms. The average Bonchev–Trinajstić information content (AvgIpc) is 3.11. The lowest BCUT2D eigenvalue weighted by molar-refractivity contribution is -0.123. The highest BCUT2D eigenvalue weighted by Gasteiger charge is 2.42. The van der Waals surface area contributed by atoms with Crippen LogP contribution in [0.15, 0.2) is 9.70 Å². The zero-order valence-electron chi connectivity index (χ0n) is 18.7. The minimum Gasteiger partial charge on any atom is -0.357 e. The molecule has 1 atom stereocenters. The Morgan fingerprint density at radius 3 is 2.42 bits per heavy atom. The van der Waals surface area contributed by atoms with Gasteiger partial charge >= 0.3 is 0 Å². The number of pyridine rings is 1. The Hall–Kier alpha value is -2.16. The molecule has 4 heterocycles. The molecule has 0 spiro atoms. The lowest BCUT2D eigenvalue weighted by atomic mass is 10.0. The molecule has 3 aliphatic rings. The van der Waals surface area contributed by atoms with E-state index in [-0.39, 0.29) is 28.5 Å². The number of carbonyl (C=O) groups is 1. The summed E-state index contributed by atoms with van der Waals surface area (Å²) in [5, 5.41) is 9.63. The van der Waals surface area contributed by atoms with Crippen LogP contribution in [0.5, 0.6) is 0 Å². The fourth-order valence-corrected chi connectivity index (χ4v) is 7.86. The van der Waals surface area contributed by atoms with Gasteiger partial charge in [-0.1, -0.05) is 36.8 Å². The first-order chi connectivity index (χ1) is 15.6. The van der Waals surface area contributed by atoms with E-state index in [0.29, 0.717) is 32.6 Å². The number of thioether (sulfide) groups is 1. The Morgan fingerprint density at radius 2 is 1.85 bits per heavy atom. The van der Waals surface area contributed by atoms with E-state index >= 15 is 0 Å². The van der Waals surface area contributed by atoms with Gasteiger partial charge in [-0.25, -0.2) is 8.42 Å². The molecule has 4 rings (SSSR count). The van der Waals surface area contributed by atoms with Gasteiger partial charge in [0.2, 0.25) is 0 Å². The van der Waals surface area contributed by atoms with Crippen LogP contribution in [0.3, 0.4) is 0 Å². The van der Waals surface area contributed by atoms with Crippen LogP contribution >= 0.6 is 24.0 Å². The summed E-state index contributed by atoms with van der Waals surface area (Å²) < 4.78 is 25.7. The molecule has 1 aromatic heterocycles. The van der Waals surface area contributed by atoms with Gasteiger partial charge in [-0.2, -0.15) is 5.26 Å². The number of anilines is 1. The largest absolute Gasteiger partial charge is 0.357 e. The number of carbonyl (C=O) groups excluding carboxylic acids is 1. The number of thiocarbonyl (C=S) groups is 1. The third-order valence-corrected chi connectivity index (χ3v) is 9.63. The van der Waals surface area contributed by atoms with Crippen molar-refractivity contribution in [1.82, 2.24) is 9.47 Å². The van der Waals surface area contributed by atoms with Crippen LogP contribution in [-0.4, -0.2) is 58.7 Å². The summed E-state index contributed by atoms with van der Waals surface area (Å²) in [5.41, 5.74) is 0.901. The standard InChI is InChI=1S/C22H26N4O4S3/c1-14-16(11-18-21(28)26(22(31)32-18)15-7-10-33(29,30)13-15)19(24(2)20(27)17(14)12-23)25-8-5-3-4-6-9-25/h11,15H,3-10,13H2,1-2H3. The molecule has 176 valence electrons. The number of amides is 1. The van der Waals surface area contributed by atoms with E-state index in [4.69, 9.17) is 12.2 Å². The molecule has 3 aliphatic heterocycles. The van der Waals surface area contributed by atoms with Crippen LogP contribution in [0.4, 0.5) is 5.82 Å². The fraction of sp³-hybridized carbons (Fsp3) is 0.545. The Bertz CT molecular complexity index is 1250. The van der Waals surface area contributed by atoms with Crippen molar-refractivity contribution in [1.29, 1.82) is 5.26 Å². The van der Waals surface area contributed by atoms with Gasteiger partial charge in [-0.05, 0) is 37.8 Å². The van der Waals surface area contributed by atoms with E-state index in [1.807, 2.05) is 6.07 Å². The maximum Gasteiger partial charge on any atom is 0.270 e. The van der Waals surface area contributed by atoms with Gasteiger partial charge in [-0.3, -0.25) is 19.1 Å². The summed E-state index contributed by atoms with van der Waals surface area (Å²) in [6.07, 6.45) is 6.35. The Balaban J connectivity index is 1.81. The maximum atomic E-state index is 13.3. The second-order valence-electron chi connectivity index (χ2n) is 8.72. The molecule has 1 aromatic rings. The highest BCUT2D eigenvalue weighted by Crippen LogP contribution is 2.38. The molecule has 0 aliphatic carbocycles. The summed E-state index contributed by atoms with van der Waals surface area (Å²) in [4.78, 5) is 30.2. The zero-order valence-corrected chi connectivity index (χ0v) is 21.1. The lowest BCUT2D eigenvalue weighted by Crippen LogP contribution is -2.39. The molecule has 0 aromatic carbocycles. The van der Waals surface area contributed by atoms with E-state index in [9.17, 15) is 23.3 Å². The van der Waals surface area contributed by atoms with Crippen molar-refractivity contribution >= 4 is 55.9 Å². The first kappa shape index (κ1) is 24.0. The molecule has 0 radical (unpaired) electrons. The van der Waals surface area contributed by atoms with Crippen molar-refractivity contribution in [2.24, 2.45) is 7.05 Å². The van der Waals surface area contributed by atoms with Crippen LogP contribution in [0.25, 0.3) is 6.08 Å². The summed E-state index contributed by atoms with van der Waals surface area (Å²) >= 11 is 6.58. The summed E-state index contributed by atoms with van der Waals surface area (Å²) in [6, 6.07) is 1.57. The van der Waals surface area contributed by atoms with E-state index in [1.54, 1.807) is 20.0 Å². The van der Waals surface area contributed by atoms with E-state index in [1.165, 1.54) is 9.47 Å². The molecule has 1 unspecified atom stereocenters. The smallest absolute Gasteiger partial charge is 0.270 e. The monoisotopic (exact) mass is 506 g/mol. The third-order valence-electron chi connectivity index (χ3n) is 6.55. The minimum atomic E-state index is -3.17. The number of nitrogens with zero attached hydrogens (tertiary/aromatic N) is 4. The Labute approximate surface area is 203 Å². The number of hydrogen-bond acceptors (Lipinski definition) is 8. The topological polar surface area (TPSA) is 103 Å². The summed E-state index contributed by atoms with van der Waals surface area (Å²) in [7, 11) is -1.51. The first-order valence-electron chi connectivity index (χ1n) is 11.0. The van der Waals surface area contributed by atoms with Gasteiger partial charge in [0.1, 0.15) is 21.8 Å². The highest BCUT2D eigenvalue weighted by atomic mass is 32.2. The molecule has 3 fully saturated rings. The second kappa shape index (κ2) is 9.24. The van der Waals surface area contributed by atoms with Gasteiger partial charge in [0.25, 0.3) is 11.5 Å². The normalized spacial score (nSPS) is 24.4. The minimum absolute atomic E-state index is 0.0539. The maximum absolute atomic E-state index is 13.3.